The average molecular weight is 220 g/mol. The summed E-state index contributed by atoms with van der Waals surface area (Å²) in [5.41, 5.74) is 0. The van der Waals surface area contributed by atoms with Crippen LogP contribution in [0.25, 0.3) is 0 Å². The SMILES string of the molecule is C#CCCCN1CCC2C(CCCN2C)C1. The van der Waals surface area contributed by atoms with Crippen molar-refractivity contribution in [2.24, 2.45) is 5.92 Å². The van der Waals surface area contributed by atoms with E-state index >= 15 is 0 Å². The molecule has 0 aromatic rings. The normalized spacial score (nSPS) is 32.0. The van der Waals surface area contributed by atoms with E-state index in [0.29, 0.717) is 0 Å². The maximum absolute atomic E-state index is 5.29. The Morgan fingerprint density at radius 3 is 3.00 bits per heavy atom. The molecule has 0 amide bonds. The van der Waals surface area contributed by atoms with Gasteiger partial charge >= 0.3 is 0 Å². The van der Waals surface area contributed by atoms with Gasteiger partial charge in [-0.2, -0.15) is 0 Å². The Hall–Kier alpha value is -0.520. The van der Waals surface area contributed by atoms with Gasteiger partial charge < -0.3 is 9.80 Å². The lowest BCUT2D eigenvalue weighted by molar-refractivity contribution is 0.0384. The quantitative estimate of drug-likeness (QED) is 0.529. The molecule has 0 aromatic carbocycles. The molecule has 2 atom stereocenters. The van der Waals surface area contributed by atoms with Crippen LogP contribution in [0, 0.1) is 18.3 Å². The van der Waals surface area contributed by atoms with E-state index in [0.717, 1.165) is 18.4 Å². The van der Waals surface area contributed by atoms with Crippen molar-refractivity contribution >= 4 is 0 Å². The third-order valence-corrected chi connectivity index (χ3v) is 4.23. The predicted molar refractivity (Wildman–Crippen MR) is 68.3 cm³/mol. The fourth-order valence-electron chi connectivity index (χ4n) is 3.34. The van der Waals surface area contributed by atoms with Gasteiger partial charge in [-0.15, -0.1) is 12.3 Å². The third kappa shape index (κ3) is 2.78. The molecule has 2 rings (SSSR count). The van der Waals surface area contributed by atoms with Crippen molar-refractivity contribution in [1.82, 2.24) is 9.80 Å². The minimum absolute atomic E-state index is 0.859. The van der Waals surface area contributed by atoms with Gasteiger partial charge in [-0.05, 0) is 58.3 Å². The molecule has 0 aromatic heterocycles. The number of unbranched alkanes of at least 4 members (excludes halogenated alkanes) is 1. The van der Waals surface area contributed by atoms with Crippen LogP contribution in [0.3, 0.4) is 0 Å². The molecule has 0 radical (unpaired) electrons. The van der Waals surface area contributed by atoms with Gasteiger partial charge in [0.25, 0.3) is 0 Å². The van der Waals surface area contributed by atoms with Crippen molar-refractivity contribution in [3.05, 3.63) is 0 Å². The molecule has 0 saturated carbocycles. The Bertz CT molecular complexity index is 256. The second-order valence-electron chi connectivity index (χ2n) is 5.35. The van der Waals surface area contributed by atoms with Crippen molar-refractivity contribution in [3.8, 4) is 12.3 Å². The zero-order valence-corrected chi connectivity index (χ0v) is 10.5. The highest BCUT2D eigenvalue weighted by molar-refractivity contribution is 4.90. The molecule has 0 N–H and O–H groups in total. The lowest BCUT2D eigenvalue weighted by atomic mass is 9.84. The summed E-state index contributed by atoms with van der Waals surface area (Å²) >= 11 is 0. The van der Waals surface area contributed by atoms with Gasteiger partial charge in [0.15, 0.2) is 0 Å². The number of hydrogen-bond donors (Lipinski definition) is 0. The Morgan fingerprint density at radius 1 is 1.31 bits per heavy atom. The molecule has 2 nitrogen and oxygen atoms in total. The summed E-state index contributed by atoms with van der Waals surface area (Å²) in [6.45, 7) is 5.09. The van der Waals surface area contributed by atoms with Crippen LogP contribution in [0.5, 0.6) is 0 Å². The van der Waals surface area contributed by atoms with E-state index in [1.807, 2.05) is 0 Å². The van der Waals surface area contributed by atoms with Crippen LogP contribution >= 0.6 is 0 Å². The van der Waals surface area contributed by atoms with E-state index in [9.17, 15) is 0 Å². The lowest BCUT2D eigenvalue weighted by Crippen LogP contribution is -2.52. The van der Waals surface area contributed by atoms with E-state index in [1.54, 1.807) is 0 Å². The Balaban J connectivity index is 1.79. The molecule has 0 aliphatic carbocycles. The van der Waals surface area contributed by atoms with Crippen LogP contribution < -0.4 is 0 Å². The monoisotopic (exact) mass is 220 g/mol. The topological polar surface area (TPSA) is 6.48 Å². The van der Waals surface area contributed by atoms with E-state index in [1.165, 1.54) is 51.9 Å². The number of fused-ring (bicyclic) bond motifs is 1. The highest BCUT2D eigenvalue weighted by Crippen LogP contribution is 2.29. The van der Waals surface area contributed by atoms with E-state index in [4.69, 9.17) is 6.42 Å². The second kappa shape index (κ2) is 5.70. The molecule has 90 valence electrons. The van der Waals surface area contributed by atoms with Gasteiger partial charge in [0.2, 0.25) is 0 Å². The average Bonchev–Trinajstić information content (AvgIpc) is 2.30. The van der Waals surface area contributed by atoms with Gasteiger partial charge in [0.05, 0.1) is 0 Å². The summed E-state index contributed by atoms with van der Waals surface area (Å²) in [4.78, 5) is 5.20. The highest BCUT2D eigenvalue weighted by Gasteiger charge is 2.33. The predicted octanol–water partition coefficient (Wildman–Crippen LogP) is 1.82. The van der Waals surface area contributed by atoms with Crippen LogP contribution in [0.15, 0.2) is 0 Å². The summed E-state index contributed by atoms with van der Waals surface area (Å²) < 4.78 is 0. The summed E-state index contributed by atoms with van der Waals surface area (Å²) in [5.74, 6) is 3.65. The minimum Gasteiger partial charge on any atom is -0.303 e. The molecule has 2 fully saturated rings. The van der Waals surface area contributed by atoms with Crippen LogP contribution in [-0.2, 0) is 0 Å². The fourth-order valence-corrected chi connectivity index (χ4v) is 3.34. The Kier molecular flexibility index (Phi) is 4.26. The minimum atomic E-state index is 0.859. The van der Waals surface area contributed by atoms with Gasteiger partial charge in [-0.25, -0.2) is 0 Å². The van der Waals surface area contributed by atoms with Gasteiger partial charge in [0, 0.05) is 19.0 Å². The summed E-state index contributed by atoms with van der Waals surface area (Å²) in [6.07, 6.45) is 11.6. The molecule has 2 saturated heterocycles. The van der Waals surface area contributed by atoms with Crippen molar-refractivity contribution in [3.63, 3.8) is 0 Å². The van der Waals surface area contributed by atoms with Crippen molar-refractivity contribution in [1.29, 1.82) is 0 Å². The Labute approximate surface area is 100.0 Å². The van der Waals surface area contributed by atoms with Crippen LogP contribution in [0.1, 0.15) is 32.1 Å². The second-order valence-corrected chi connectivity index (χ2v) is 5.35. The zero-order chi connectivity index (χ0) is 11.4. The maximum Gasteiger partial charge on any atom is 0.0145 e. The van der Waals surface area contributed by atoms with Gasteiger partial charge in [0.1, 0.15) is 0 Å². The summed E-state index contributed by atoms with van der Waals surface area (Å²) in [5, 5.41) is 0. The summed E-state index contributed by atoms with van der Waals surface area (Å²) in [6, 6.07) is 0.859. The zero-order valence-electron chi connectivity index (χ0n) is 10.5. The molecule has 2 unspecified atom stereocenters. The Morgan fingerprint density at radius 2 is 2.19 bits per heavy atom. The number of likely N-dealkylation sites (tertiary alicyclic amines) is 2. The van der Waals surface area contributed by atoms with Gasteiger partial charge in [-0.1, -0.05) is 0 Å². The lowest BCUT2D eigenvalue weighted by Gasteiger charge is -2.46. The van der Waals surface area contributed by atoms with Crippen LogP contribution in [0.2, 0.25) is 0 Å². The fraction of sp³-hybridized carbons (Fsp3) is 0.857. The molecule has 0 bridgehead atoms. The molecule has 2 heterocycles. The highest BCUT2D eigenvalue weighted by atomic mass is 15.2. The standard InChI is InChI=1S/C14H24N2/c1-3-4-5-10-16-11-8-14-13(12-16)7-6-9-15(14)2/h1,13-14H,4-12H2,2H3. The molecule has 2 aliphatic rings. The van der Waals surface area contributed by atoms with Crippen molar-refractivity contribution in [2.75, 3.05) is 33.2 Å². The smallest absolute Gasteiger partial charge is 0.0145 e. The molecule has 16 heavy (non-hydrogen) atoms. The maximum atomic E-state index is 5.29. The molecule has 0 spiro atoms. The molecular weight excluding hydrogens is 196 g/mol. The number of nitrogens with zero attached hydrogens (tertiary/aromatic N) is 2. The first-order valence-corrected chi connectivity index (χ1v) is 6.67. The van der Waals surface area contributed by atoms with E-state index in [-0.39, 0.29) is 0 Å². The first-order valence-electron chi connectivity index (χ1n) is 6.67. The molecular formula is C14H24N2. The molecule has 2 aliphatic heterocycles. The van der Waals surface area contributed by atoms with Crippen molar-refractivity contribution < 1.29 is 0 Å². The largest absolute Gasteiger partial charge is 0.303 e. The van der Waals surface area contributed by atoms with Crippen molar-refractivity contribution in [2.45, 2.75) is 38.1 Å². The van der Waals surface area contributed by atoms with E-state index in [2.05, 4.69) is 22.8 Å². The first-order chi connectivity index (χ1) is 7.81. The van der Waals surface area contributed by atoms with Gasteiger partial charge in [-0.3, -0.25) is 0 Å². The number of piperidine rings is 2. The molecule has 2 heteroatoms. The first kappa shape index (κ1) is 12.0. The number of terminal acetylenes is 1. The van der Waals surface area contributed by atoms with E-state index < -0.39 is 0 Å². The number of rotatable bonds is 3. The van der Waals surface area contributed by atoms with Crippen LogP contribution in [-0.4, -0.2) is 49.1 Å². The van der Waals surface area contributed by atoms with Crippen LogP contribution in [0.4, 0.5) is 0 Å². The third-order valence-electron chi connectivity index (χ3n) is 4.23. The summed E-state index contributed by atoms with van der Waals surface area (Å²) in [7, 11) is 2.30. The number of hydrogen-bond acceptors (Lipinski definition) is 2.